The maximum absolute atomic E-state index is 5.28. The van der Waals surface area contributed by atoms with Crippen LogP contribution in [0, 0.1) is 0 Å². The first kappa shape index (κ1) is 24.4. The highest BCUT2D eigenvalue weighted by Gasteiger charge is 2.13. The largest absolute Gasteiger partial charge is 0.497 e. The van der Waals surface area contributed by atoms with Crippen LogP contribution in [0.3, 0.4) is 0 Å². The number of nitrogens with one attached hydrogen (secondary N) is 2. The number of nitrogens with zero attached hydrogens (tertiary/aromatic N) is 3. The highest BCUT2D eigenvalue weighted by atomic mass is 127. The van der Waals surface area contributed by atoms with E-state index >= 15 is 0 Å². The number of ether oxygens (including phenoxy) is 1. The highest BCUT2D eigenvalue weighted by Crippen LogP contribution is 2.12. The molecule has 3 rings (SSSR count). The molecule has 30 heavy (non-hydrogen) atoms. The van der Waals surface area contributed by atoms with Gasteiger partial charge in [-0.25, -0.2) is 0 Å². The van der Waals surface area contributed by atoms with Crippen molar-refractivity contribution < 1.29 is 4.74 Å². The van der Waals surface area contributed by atoms with E-state index in [1.54, 1.807) is 14.2 Å². The average molecular weight is 523 g/mol. The summed E-state index contributed by atoms with van der Waals surface area (Å²) in [6.45, 7) is 7.08. The van der Waals surface area contributed by atoms with Crippen molar-refractivity contribution in [2.24, 2.45) is 4.99 Å². The second-order valence-electron chi connectivity index (χ2n) is 7.53. The van der Waals surface area contributed by atoms with E-state index < -0.39 is 0 Å². The monoisotopic (exact) mass is 523 g/mol. The number of benzene rings is 2. The Morgan fingerprint density at radius 3 is 2.20 bits per heavy atom. The molecule has 2 aromatic carbocycles. The minimum atomic E-state index is 0. The number of likely N-dealkylation sites (N-methyl/N-ethyl adjacent to an activating group) is 1. The molecular formula is C23H34IN5O. The molecule has 2 aromatic rings. The molecule has 0 saturated carbocycles. The van der Waals surface area contributed by atoms with Crippen LogP contribution in [-0.4, -0.2) is 63.1 Å². The van der Waals surface area contributed by atoms with Gasteiger partial charge >= 0.3 is 0 Å². The number of guanidine groups is 1. The summed E-state index contributed by atoms with van der Waals surface area (Å²) in [6, 6.07) is 16.9. The van der Waals surface area contributed by atoms with Crippen LogP contribution >= 0.6 is 24.0 Å². The van der Waals surface area contributed by atoms with Crippen LogP contribution in [0.5, 0.6) is 5.75 Å². The summed E-state index contributed by atoms with van der Waals surface area (Å²) in [5.41, 5.74) is 3.77. The van der Waals surface area contributed by atoms with E-state index in [1.807, 2.05) is 18.2 Å². The quantitative estimate of drug-likeness (QED) is 0.332. The Morgan fingerprint density at radius 2 is 1.57 bits per heavy atom. The van der Waals surface area contributed by atoms with E-state index in [4.69, 9.17) is 4.74 Å². The topological polar surface area (TPSA) is 52.1 Å². The van der Waals surface area contributed by atoms with Gasteiger partial charge in [-0.15, -0.1) is 24.0 Å². The van der Waals surface area contributed by atoms with Gasteiger partial charge in [0.15, 0.2) is 5.96 Å². The second-order valence-corrected chi connectivity index (χ2v) is 7.53. The molecule has 1 aliphatic heterocycles. The third-order valence-corrected chi connectivity index (χ3v) is 5.30. The molecule has 0 atom stereocenters. The Labute approximate surface area is 197 Å². The van der Waals surface area contributed by atoms with E-state index in [1.165, 1.54) is 11.1 Å². The number of piperazine rings is 1. The van der Waals surface area contributed by atoms with Gasteiger partial charge in [-0.05, 0) is 35.9 Å². The van der Waals surface area contributed by atoms with Crippen molar-refractivity contribution in [1.82, 2.24) is 20.4 Å². The van der Waals surface area contributed by atoms with Crippen molar-refractivity contribution in [2.45, 2.75) is 19.6 Å². The summed E-state index contributed by atoms with van der Waals surface area (Å²) in [4.78, 5) is 9.23. The number of hydrogen-bond acceptors (Lipinski definition) is 4. The van der Waals surface area contributed by atoms with Crippen molar-refractivity contribution in [1.29, 1.82) is 0 Å². The Bertz CT molecular complexity index is 788. The lowest BCUT2D eigenvalue weighted by atomic mass is 10.1. The maximum atomic E-state index is 5.28. The predicted octanol–water partition coefficient (Wildman–Crippen LogP) is 2.93. The minimum absolute atomic E-state index is 0. The Kier molecular flexibility index (Phi) is 10.4. The summed E-state index contributed by atoms with van der Waals surface area (Å²) < 4.78 is 5.28. The summed E-state index contributed by atoms with van der Waals surface area (Å²) in [5, 5.41) is 6.73. The number of rotatable bonds is 7. The highest BCUT2D eigenvalue weighted by molar-refractivity contribution is 14.0. The van der Waals surface area contributed by atoms with Crippen LogP contribution in [0.15, 0.2) is 53.5 Å². The summed E-state index contributed by atoms with van der Waals surface area (Å²) >= 11 is 0. The summed E-state index contributed by atoms with van der Waals surface area (Å²) in [7, 11) is 5.67. The molecule has 2 N–H and O–H groups in total. The fraction of sp³-hybridized carbons (Fsp3) is 0.435. The van der Waals surface area contributed by atoms with Crippen molar-refractivity contribution in [3.05, 3.63) is 65.2 Å². The Balaban J connectivity index is 0.00000320. The normalized spacial score (nSPS) is 15.4. The molecule has 0 aliphatic carbocycles. The van der Waals surface area contributed by atoms with Crippen molar-refractivity contribution in [3.8, 4) is 5.75 Å². The molecule has 164 valence electrons. The fourth-order valence-corrected chi connectivity index (χ4v) is 3.40. The maximum Gasteiger partial charge on any atom is 0.191 e. The van der Waals surface area contributed by atoms with Gasteiger partial charge in [-0.1, -0.05) is 36.4 Å². The van der Waals surface area contributed by atoms with Crippen molar-refractivity contribution in [3.63, 3.8) is 0 Å². The molecule has 0 amide bonds. The molecule has 0 bridgehead atoms. The molecule has 1 saturated heterocycles. The molecule has 0 spiro atoms. The van der Waals surface area contributed by atoms with Gasteiger partial charge in [0, 0.05) is 52.9 Å². The molecule has 1 fully saturated rings. The molecule has 1 heterocycles. The van der Waals surface area contributed by atoms with Crippen LogP contribution in [0.4, 0.5) is 0 Å². The van der Waals surface area contributed by atoms with E-state index in [2.05, 4.69) is 62.8 Å². The molecule has 0 aromatic heterocycles. The summed E-state index contributed by atoms with van der Waals surface area (Å²) in [6.07, 6.45) is 0. The van der Waals surface area contributed by atoms with Gasteiger partial charge in [0.1, 0.15) is 5.75 Å². The molecule has 0 unspecified atom stereocenters. The first-order valence-corrected chi connectivity index (χ1v) is 10.2. The smallest absolute Gasteiger partial charge is 0.191 e. The SMILES string of the molecule is CN=C(NCc1ccc(CN2CCN(C)CC2)cc1)NCc1cccc(OC)c1.I. The number of methoxy groups -OCH3 is 1. The van der Waals surface area contributed by atoms with Crippen LogP contribution in [-0.2, 0) is 19.6 Å². The van der Waals surface area contributed by atoms with E-state index in [0.717, 1.165) is 56.5 Å². The zero-order valence-electron chi connectivity index (χ0n) is 18.2. The molecule has 6 nitrogen and oxygen atoms in total. The third kappa shape index (κ3) is 7.77. The minimum Gasteiger partial charge on any atom is -0.497 e. The Hall–Kier alpha value is -1.84. The van der Waals surface area contributed by atoms with Crippen LogP contribution in [0.2, 0.25) is 0 Å². The zero-order chi connectivity index (χ0) is 20.5. The van der Waals surface area contributed by atoms with Gasteiger partial charge in [0.25, 0.3) is 0 Å². The average Bonchev–Trinajstić information content (AvgIpc) is 2.76. The van der Waals surface area contributed by atoms with E-state index in [-0.39, 0.29) is 24.0 Å². The molecule has 7 heteroatoms. The van der Waals surface area contributed by atoms with Crippen LogP contribution < -0.4 is 15.4 Å². The number of hydrogen-bond donors (Lipinski definition) is 2. The van der Waals surface area contributed by atoms with Crippen LogP contribution in [0.1, 0.15) is 16.7 Å². The van der Waals surface area contributed by atoms with Gasteiger partial charge < -0.3 is 20.3 Å². The second kappa shape index (κ2) is 12.8. The van der Waals surface area contributed by atoms with Gasteiger partial charge in [-0.3, -0.25) is 9.89 Å². The lowest BCUT2D eigenvalue weighted by molar-refractivity contribution is 0.148. The predicted molar refractivity (Wildman–Crippen MR) is 135 cm³/mol. The fourth-order valence-electron chi connectivity index (χ4n) is 3.40. The van der Waals surface area contributed by atoms with Gasteiger partial charge in [-0.2, -0.15) is 0 Å². The van der Waals surface area contributed by atoms with E-state index in [0.29, 0.717) is 6.54 Å². The third-order valence-electron chi connectivity index (χ3n) is 5.30. The lowest BCUT2D eigenvalue weighted by Gasteiger charge is -2.32. The molecular weight excluding hydrogens is 489 g/mol. The summed E-state index contributed by atoms with van der Waals surface area (Å²) in [5.74, 6) is 1.65. The first-order chi connectivity index (χ1) is 14.2. The van der Waals surface area contributed by atoms with Gasteiger partial charge in [0.2, 0.25) is 0 Å². The van der Waals surface area contributed by atoms with Crippen LogP contribution in [0.25, 0.3) is 0 Å². The number of halogens is 1. The molecule has 1 aliphatic rings. The lowest BCUT2D eigenvalue weighted by Crippen LogP contribution is -2.43. The van der Waals surface area contributed by atoms with Crippen molar-refractivity contribution in [2.75, 3.05) is 47.4 Å². The standard InChI is InChI=1S/C23H33N5O.HI/c1-24-23(26-17-21-5-4-6-22(15-21)29-3)25-16-19-7-9-20(10-8-19)18-28-13-11-27(2)12-14-28;/h4-10,15H,11-14,16-18H2,1-3H3,(H2,24,25,26);1H. The van der Waals surface area contributed by atoms with Gasteiger partial charge in [0.05, 0.1) is 7.11 Å². The van der Waals surface area contributed by atoms with E-state index in [9.17, 15) is 0 Å². The molecule has 0 radical (unpaired) electrons. The number of aliphatic imine (C=N–C) groups is 1. The zero-order valence-corrected chi connectivity index (χ0v) is 20.6. The Morgan fingerprint density at radius 1 is 0.933 bits per heavy atom. The first-order valence-electron chi connectivity index (χ1n) is 10.2. The van der Waals surface area contributed by atoms with Crippen molar-refractivity contribution >= 4 is 29.9 Å².